The van der Waals surface area contributed by atoms with Crippen molar-refractivity contribution in [2.24, 2.45) is 0 Å². The third-order valence-corrected chi connectivity index (χ3v) is 5.13. The lowest BCUT2D eigenvalue weighted by Gasteiger charge is -2.13. The molecule has 0 spiro atoms. The first-order valence-electron chi connectivity index (χ1n) is 9.16. The van der Waals surface area contributed by atoms with Gasteiger partial charge in [-0.05, 0) is 47.7 Å². The summed E-state index contributed by atoms with van der Waals surface area (Å²) >= 11 is 0.569. The molecular weight excluding hydrogens is 465 g/mol. The molecule has 8 nitrogen and oxygen atoms in total. The van der Waals surface area contributed by atoms with Crippen molar-refractivity contribution >= 4 is 46.5 Å². The van der Waals surface area contributed by atoms with Crippen molar-refractivity contribution in [3.8, 4) is 11.5 Å². The number of esters is 1. The van der Waals surface area contributed by atoms with Crippen molar-refractivity contribution in [3.05, 3.63) is 58.3 Å². The van der Waals surface area contributed by atoms with Crippen LogP contribution in [0.25, 0.3) is 6.08 Å². The molecule has 1 aliphatic heterocycles. The van der Waals surface area contributed by atoms with Crippen LogP contribution in [0.4, 0.5) is 23.7 Å². The summed E-state index contributed by atoms with van der Waals surface area (Å²) in [5.41, 5.74) is -0.192. The maximum absolute atomic E-state index is 13.7. The highest BCUT2D eigenvalue weighted by Gasteiger charge is 2.36. The van der Waals surface area contributed by atoms with Crippen LogP contribution in [0.3, 0.4) is 0 Å². The average molecular weight is 480 g/mol. The minimum Gasteiger partial charge on any atom is -0.493 e. The SMILES string of the molecule is COc1cc(/C=C2\SC(=O)N(CC(=O)Nc3ccc(F)c(F)c3F)C2=O)ccc1OC(C)=O. The summed E-state index contributed by atoms with van der Waals surface area (Å²) in [7, 11) is 1.36. The maximum atomic E-state index is 13.7. The fraction of sp³-hybridized carbons (Fsp3) is 0.143. The van der Waals surface area contributed by atoms with Crippen LogP contribution in [0, 0.1) is 17.5 Å². The van der Waals surface area contributed by atoms with Crippen LogP contribution in [0.2, 0.25) is 0 Å². The first-order chi connectivity index (χ1) is 15.6. The number of nitrogens with zero attached hydrogens (tertiary/aromatic N) is 1. The Labute approximate surface area is 189 Å². The van der Waals surface area contributed by atoms with Crippen molar-refractivity contribution in [2.75, 3.05) is 19.0 Å². The minimum atomic E-state index is -1.77. The van der Waals surface area contributed by atoms with E-state index in [0.29, 0.717) is 28.3 Å². The number of ether oxygens (including phenoxy) is 2. The van der Waals surface area contributed by atoms with E-state index in [4.69, 9.17) is 9.47 Å². The van der Waals surface area contributed by atoms with Gasteiger partial charge in [-0.2, -0.15) is 0 Å². The molecule has 1 saturated heterocycles. The summed E-state index contributed by atoms with van der Waals surface area (Å²) in [5, 5.41) is 1.24. The summed E-state index contributed by atoms with van der Waals surface area (Å²) in [5.74, 6) is -6.75. The smallest absolute Gasteiger partial charge is 0.308 e. The van der Waals surface area contributed by atoms with Gasteiger partial charge in [0, 0.05) is 6.92 Å². The van der Waals surface area contributed by atoms with Crippen LogP contribution < -0.4 is 14.8 Å². The van der Waals surface area contributed by atoms with Crippen molar-refractivity contribution in [3.63, 3.8) is 0 Å². The lowest BCUT2D eigenvalue weighted by atomic mass is 10.2. The first kappa shape index (κ1) is 23.9. The number of methoxy groups -OCH3 is 1. The van der Waals surface area contributed by atoms with Gasteiger partial charge in [0.05, 0.1) is 17.7 Å². The second kappa shape index (κ2) is 9.77. The molecule has 12 heteroatoms. The van der Waals surface area contributed by atoms with Crippen LogP contribution in [0.1, 0.15) is 12.5 Å². The number of nitrogens with one attached hydrogen (secondary N) is 1. The van der Waals surface area contributed by atoms with E-state index in [-0.39, 0.29) is 16.4 Å². The zero-order chi connectivity index (χ0) is 24.3. The summed E-state index contributed by atoms with van der Waals surface area (Å²) in [6.45, 7) is 0.454. The number of benzene rings is 2. The molecule has 0 aliphatic carbocycles. The van der Waals surface area contributed by atoms with Gasteiger partial charge in [-0.3, -0.25) is 24.1 Å². The Bertz CT molecular complexity index is 1200. The van der Waals surface area contributed by atoms with Crippen molar-refractivity contribution < 1.29 is 41.8 Å². The van der Waals surface area contributed by atoms with E-state index in [1.54, 1.807) is 0 Å². The van der Waals surface area contributed by atoms with Gasteiger partial charge in [0.2, 0.25) is 5.91 Å². The molecular formula is C21H15F3N2O6S. The molecule has 3 amide bonds. The van der Waals surface area contributed by atoms with Crippen LogP contribution in [0.15, 0.2) is 35.2 Å². The van der Waals surface area contributed by atoms with Crippen molar-refractivity contribution in [1.82, 2.24) is 4.90 Å². The van der Waals surface area contributed by atoms with E-state index in [0.717, 1.165) is 6.07 Å². The number of hydrogen-bond donors (Lipinski definition) is 1. The number of amides is 3. The van der Waals surface area contributed by atoms with Gasteiger partial charge in [0.15, 0.2) is 29.0 Å². The predicted octanol–water partition coefficient (Wildman–Crippen LogP) is 3.71. The van der Waals surface area contributed by atoms with Crippen LogP contribution in [-0.2, 0) is 14.4 Å². The lowest BCUT2D eigenvalue weighted by Crippen LogP contribution is -2.36. The first-order valence-corrected chi connectivity index (χ1v) is 9.97. The molecule has 172 valence electrons. The molecule has 0 radical (unpaired) electrons. The van der Waals surface area contributed by atoms with E-state index in [1.807, 2.05) is 5.32 Å². The Kier molecular flexibility index (Phi) is 7.07. The fourth-order valence-corrected chi connectivity index (χ4v) is 3.59. The molecule has 0 aromatic heterocycles. The number of anilines is 1. The number of carbonyl (C=O) groups excluding carboxylic acids is 4. The van der Waals surface area contributed by atoms with Crippen LogP contribution in [-0.4, -0.2) is 41.6 Å². The number of thioether (sulfide) groups is 1. The molecule has 3 rings (SSSR count). The highest BCUT2D eigenvalue weighted by Crippen LogP contribution is 2.34. The summed E-state index contributed by atoms with van der Waals surface area (Å²) < 4.78 is 50.2. The molecule has 1 fully saturated rings. The zero-order valence-corrected chi connectivity index (χ0v) is 17.9. The average Bonchev–Trinajstić information content (AvgIpc) is 3.02. The molecule has 2 aromatic carbocycles. The third kappa shape index (κ3) is 5.34. The number of carbonyl (C=O) groups is 4. The van der Waals surface area contributed by atoms with E-state index in [2.05, 4.69) is 0 Å². The second-order valence-electron chi connectivity index (χ2n) is 6.54. The number of rotatable bonds is 6. The van der Waals surface area contributed by atoms with Crippen LogP contribution >= 0.6 is 11.8 Å². The Morgan fingerprint density at radius 1 is 1.09 bits per heavy atom. The van der Waals surface area contributed by atoms with E-state index >= 15 is 0 Å². The third-order valence-electron chi connectivity index (χ3n) is 4.22. The van der Waals surface area contributed by atoms with Gasteiger partial charge in [-0.15, -0.1) is 0 Å². The molecule has 0 atom stereocenters. The lowest BCUT2D eigenvalue weighted by molar-refractivity contribution is -0.132. The Morgan fingerprint density at radius 2 is 1.82 bits per heavy atom. The Hall–Kier alpha value is -3.80. The fourth-order valence-electron chi connectivity index (χ4n) is 2.76. The van der Waals surface area contributed by atoms with Gasteiger partial charge >= 0.3 is 5.97 Å². The highest BCUT2D eigenvalue weighted by molar-refractivity contribution is 8.18. The standard InChI is InChI=1S/C21H15F3N2O6S/c1-10(27)32-14-6-3-11(7-15(14)31-2)8-16-20(29)26(21(30)33-16)9-17(28)25-13-5-4-12(22)18(23)19(13)24/h3-8H,9H2,1-2H3,(H,25,28)/b16-8-. The zero-order valence-electron chi connectivity index (χ0n) is 17.1. The number of imide groups is 1. The largest absolute Gasteiger partial charge is 0.493 e. The summed E-state index contributed by atoms with van der Waals surface area (Å²) in [4.78, 5) is 48.7. The summed E-state index contributed by atoms with van der Waals surface area (Å²) in [6, 6.07) is 5.88. The van der Waals surface area contributed by atoms with Gasteiger partial charge in [-0.25, -0.2) is 13.2 Å². The minimum absolute atomic E-state index is 0.00547. The molecule has 0 saturated carbocycles. The molecule has 0 unspecified atom stereocenters. The second-order valence-corrected chi connectivity index (χ2v) is 7.54. The van der Waals surface area contributed by atoms with Crippen LogP contribution in [0.5, 0.6) is 11.5 Å². The Morgan fingerprint density at radius 3 is 2.48 bits per heavy atom. The maximum Gasteiger partial charge on any atom is 0.308 e. The van der Waals surface area contributed by atoms with Crippen molar-refractivity contribution in [2.45, 2.75) is 6.92 Å². The number of hydrogen-bond acceptors (Lipinski definition) is 7. The molecule has 33 heavy (non-hydrogen) atoms. The van der Waals surface area contributed by atoms with E-state index < -0.39 is 52.7 Å². The van der Waals surface area contributed by atoms with Gasteiger partial charge in [0.1, 0.15) is 6.54 Å². The van der Waals surface area contributed by atoms with Gasteiger partial charge in [-0.1, -0.05) is 6.07 Å². The molecule has 1 N–H and O–H groups in total. The Balaban J connectivity index is 1.74. The molecule has 0 bridgehead atoms. The van der Waals surface area contributed by atoms with E-state index in [9.17, 15) is 32.3 Å². The highest BCUT2D eigenvalue weighted by atomic mass is 32.2. The van der Waals surface area contributed by atoms with E-state index in [1.165, 1.54) is 38.3 Å². The topological polar surface area (TPSA) is 102 Å². The summed E-state index contributed by atoms with van der Waals surface area (Å²) in [6.07, 6.45) is 1.37. The quantitative estimate of drug-likeness (QED) is 0.291. The predicted molar refractivity (Wildman–Crippen MR) is 112 cm³/mol. The molecule has 1 heterocycles. The molecule has 1 aliphatic rings. The van der Waals surface area contributed by atoms with Crippen molar-refractivity contribution in [1.29, 1.82) is 0 Å². The number of halogens is 3. The molecule has 2 aromatic rings. The van der Waals surface area contributed by atoms with Gasteiger partial charge in [0.25, 0.3) is 11.1 Å². The monoisotopic (exact) mass is 480 g/mol. The van der Waals surface area contributed by atoms with Gasteiger partial charge < -0.3 is 14.8 Å². The normalized spacial score (nSPS) is 14.6.